The molecule has 0 aromatic carbocycles. The van der Waals surface area contributed by atoms with Crippen molar-refractivity contribution in [2.45, 2.75) is 44.6 Å². The maximum atomic E-state index is 11.9. The zero-order valence-electron chi connectivity index (χ0n) is 10.5. The van der Waals surface area contributed by atoms with Crippen LogP contribution in [0.3, 0.4) is 0 Å². The number of carbonyl (C=O) groups excluding carboxylic acids is 1. The van der Waals surface area contributed by atoms with E-state index in [2.05, 4.69) is 10.1 Å². The number of rotatable bonds is 6. The van der Waals surface area contributed by atoms with Gasteiger partial charge in [0, 0.05) is 12.6 Å². The van der Waals surface area contributed by atoms with Gasteiger partial charge >= 0.3 is 0 Å². The number of halogens is 2. The zero-order valence-corrected chi connectivity index (χ0v) is 10.5. The molecule has 0 heterocycles. The van der Waals surface area contributed by atoms with Crippen molar-refractivity contribution >= 4 is 5.91 Å². The lowest BCUT2D eigenvalue weighted by Crippen LogP contribution is -2.42. The molecule has 0 aromatic heterocycles. The molecule has 0 bridgehead atoms. The molecule has 0 radical (unpaired) electrons. The normalized spacial score (nSPS) is 24.9. The molecule has 1 aliphatic carbocycles. The molecule has 0 saturated heterocycles. The van der Waals surface area contributed by atoms with Crippen LogP contribution in [0.1, 0.15) is 32.1 Å². The summed E-state index contributed by atoms with van der Waals surface area (Å²) in [5.74, 6) is -0.229. The smallest absolute Gasteiger partial charge is 0.261 e. The van der Waals surface area contributed by atoms with E-state index in [0.717, 1.165) is 32.1 Å². The second kappa shape index (κ2) is 8.37. The minimum absolute atomic E-state index is 0.0787. The van der Waals surface area contributed by atoms with Gasteiger partial charge in [-0.1, -0.05) is 19.3 Å². The predicted octanol–water partition coefficient (Wildman–Crippen LogP) is 1.29. The fourth-order valence-corrected chi connectivity index (χ4v) is 2.21. The Bertz CT molecular complexity index is 252. The van der Waals surface area contributed by atoms with E-state index in [-0.39, 0.29) is 31.0 Å². The van der Waals surface area contributed by atoms with E-state index in [4.69, 9.17) is 5.73 Å². The average Bonchev–Trinajstić information content (AvgIpc) is 2.53. The molecule has 1 aliphatic rings. The van der Waals surface area contributed by atoms with Crippen LogP contribution >= 0.6 is 0 Å². The molecule has 2 unspecified atom stereocenters. The molecule has 0 aliphatic heterocycles. The molecule has 1 saturated carbocycles. The third kappa shape index (κ3) is 5.73. The first kappa shape index (κ1) is 15.3. The topological polar surface area (TPSA) is 64.4 Å². The molecule has 6 heteroatoms. The largest absolute Gasteiger partial charge is 0.374 e. The van der Waals surface area contributed by atoms with Gasteiger partial charge in [-0.2, -0.15) is 0 Å². The van der Waals surface area contributed by atoms with Crippen LogP contribution in [0.2, 0.25) is 0 Å². The molecule has 1 rings (SSSR count). The average molecular weight is 264 g/mol. The van der Waals surface area contributed by atoms with Gasteiger partial charge in [-0.25, -0.2) is 8.78 Å². The summed E-state index contributed by atoms with van der Waals surface area (Å²) in [6.45, 7) is -0.217. The molecule has 18 heavy (non-hydrogen) atoms. The van der Waals surface area contributed by atoms with Gasteiger partial charge in [0.25, 0.3) is 6.43 Å². The van der Waals surface area contributed by atoms with Gasteiger partial charge in [-0.05, 0) is 12.8 Å². The van der Waals surface area contributed by atoms with Crippen molar-refractivity contribution < 1.29 is 18.3 Å². The molecule has 2 atom stereocenters. The van der Waals surface area contributed by atoms with Crippen molar-refractivity contribution in [1.82, 2.24) is 5.32 Å². The van der Waals surface area contributed by atoms with E-state index in [1.54, 1.807) is 0 Å². The zero-order chi connectivity index (χ0) is 13.4. The van der Waals surface area contributed by atoms with E-state index < -0.39 is 13.0 Å². The number of hydrogen-bond donors (Lipinski definition) is 2. The summed E-state index contributed by atoms with van der Waals surface area (Å²) in [4.78, 5) is 11.9. The van der Waals surface area contributed by atoms with E-state index in [1.807, 2.05) is 0 Å². The second-order valence-corrected chi connectivity index (χ2v) is 4.67. The fourth-order valence-electron chi connectivity index (χ4n) is 2.21. The fraction of sp³-hybridized carbons (Fsp3) is 0.917. The van der Waals surface area contributed by atoms with Crippen LogP contribution in [0.25, 0.3) is 0 Å². The van der Waals surface area contributed by atoms with Crippen LogP contribution in [-0.2, 0) is 9.53 Å². The molecule has 106 valence electrons. The summed E-state index contributed by atoms with van der Waals surface area (Å²) in [5.41, 5.74) is 5.96. The Morgan fingerprint density at radius 2 is 2.06 bits per heavy atom. The summed E-state index contributed by atoms with van der Waals surface area (Å²) in [6, 6.07) is -0.0884. The Morgan fingerprint density at radius 3 is 2.78 bits per heavy atom. The highest BCUT2D eigenvalue weighted by molar-refractivity contribution is 5.79. The van der Waals surface area contributed by atoms with Gasteiger partial charge in [0.2, 0.25) is 5.91 Å². The van der Waals surface area contributed by atoms with Crippen molar-refractivity contribution in [1.29, 1.82) is 0 Å². The first-order valence-corrected chi connectivity index (χ1v) is 6.50. The Balaban J connectivity index is 2.18. The van der Waals surface area contributed by atoms with Crippen molar-refractivity contribution in [2.75, 3.05) is 19.8 Å². The van der Waals surface area contributed by atoms with Crippen LogP contribution in [0.5, 0.6) is 0 Å². The summed E-state index contributed by atoms with van der Waals surface area (Å²) < 4.78 is 28.2. The first-order valence-electron chi connectivity index (χ1n) is 6.50. The molecule has 1 amide bonds. The molecule has 3 N–H and O–H groups in total. The van der Waals surface area contributed by atoms with Crippen LogP contribution in [-0.4, -0.2) is 38.1 Å². The highest BCUT2D eigenvalue weighted by Crippen LogP contribution is 2.22. The summed E-state index contributed by atoms with van der Waals surface area (Å²) in [5, 5.41) is 2.70. The Morgan fingerprint density at radius 1 is 1.33 bits per heavy atom. The highest BCUT2D eigenvalue weighted by atomic mass is 19.3. The minimum Gasteiger partial charge on any atom is -0.374 e. The van der Waals surface area contributed by atoms with Gasteiger partial charge in [-0.15, -0.1) is 0 Å². The highest BCUT2D eigenvalue weighted by Gasteiger charge is 2.26. The molecule has 4 nitrogen and oxygen atoms in total. The van der Waals surface area contributed by atoms with Crippen molar-refractivity contribution in [3.8, 4) is 0 Å². The second-order valence-electron chi connectivity index (χ2n) is 4.67. The SMILES string of the molecule is NC1CCCCCC1C(=O)NCCOCC(F)F. The number of ether oxygens (including phenoxy) is 1. The molecule has 1 fully saturated rings. The third-order valence-corrected chi connectivity index (χ3v) is 3.20. The molecule has 0 spiro atoms. The summed E-state index contributed by atoms with van der Waals surface area (Å²) in [7, 11) is 0. The number of hydrogen-bond acceptors (Lipinski definition) is 3. The Kier molecular flexibility index (Phi) is 7.12. The number of nitrogens with two attached hydrogens (primary N) is 1. The standard InChI is InChI=1S/C12H22F2N2O2/c13-11(14)8-18-7-6-16-12(17)9-4-2-1-3-5-10(9)15/h9-11H,1-8,15H2,(H,16,17). The third-order valence-electron chi connectivity index (χ3n) is 3.20. The van der Waals surface area contributed by atoms with Gasteiger partial charge in [0.05, 0.1) is 12.5 Å². The predicted molar refractivity (Wildman–Crippen MR) is 64.4 cm³/mol. The summed E-state index contributed by atoms with van der Waals surface area (Å²) in [6.07, 6.45) is 2.44. The van der Waals surface area contributed by atoms with E-state index in [9.17, 15) is 13.6 Å². The summed E-state index contributed by atoms with van der Waals surface area (Å²) >= 11 is 0. The molecular weight excluding hydrogens is 242 g/mol. The Labute approximate surface area is 106 Å². The first-order chi connectivity index (χ1) is 8.61. The van der Waals surface area contributed by atoms with E-state index in [0.29, 0.717) is 0 Å². The maximum absolute atomic E-state index is 11.9. The number of carbonyl (C=O) groups is 1. The lowest BCUT2D eigenvalue weighted by atomic mass is 9.95. The van der Waals surface area contributed by atoms with Gasteiger partial charge in [0.1, 0.15) is 6.61 Å². The molecular formula is C12H22F2N2O2. The van der Waals surface area contributed by atoms with Gasteiger partial charge < -0.3 is 15.8 Å². The van der Waals surface area contributed by atoms with E-state index >= 15 is 0 Å². The van der Waals surface area contributed by atoms with Crippen LogP contribution in [0.15, 0.2) is 0 Å². The van der Waals surface area contributed by atoms with E-state index in [1.165, 1.54) is 0 Å². The van der Waals surface area contributed by atoms with Gasteiger partial charge in [-0.3, -0.25) is 4.79 Å². The minimum atomic E-state index is -2.46. The maximum Gasteiger partial charge on any atom is 0.261 e. The molecule has 0 aromatic rings. The lowest BCUT2D eigenvalue weighted by molar-refractivity contribution is -0.126. The monoisotopic (exact) mass is 264 g/mol. The number of nitrogens with one attached hydrogen (secondary N) is 1. The van der Waals surface area contributed by atoms with Crippen LogP contribution in [0.4, 0.5) is 8.78 Å². The number of amides is 1. The van der Waals surface area contributed by atoms with Crippen LogP contribution < -0.4 is 11.1 Å². The van der Waals surface area contributed by atoms with Crippen molar-refractivity contribution in [2.24, 2.45) is 11.7 Å². The van der Waals surface area contributed by atoms with Crippen LogP contribution in [0, 0.1) is 5.92 Å². The van der Waals surface area contributed by atoms with Crippen molar-refractivity contribution in [3.63, 3.8) is 0 Å². The number of alkyl halides is 2. The Hall–Kier alpha value is -0.750. The lowest BCUT2D eigenvalue weighted by Gasteiger charge is -2.20. The van der Waals surface area contributed by atoms with Crippen molar-refractivity contribution in [3.05, 3.63) is 0 Å². The van der Waals surface area contributed by atoms with Gasteiger partial charge in [0.15, 0.2) is 0 Å². The quantitative estimate of drug-likeness (QED) is 0.561.